The summed E-state index contributed by atoms with van der Waals surface area (Å²) in [7, 11) is 0. The monoisotopic (exact) mass is 408 g/mol. The molecule has 3 aromatic carbocycles. The first-order valence-corrected chi connectivity index (χ1v) is 9.04. The van der Waals surface area contributed by atoms with Crippen LogP contribution in [0.2, 0.25) is 0 Å². The first-order chi connectivity index (χ1) is 14.9. The summed E-state index contributed by atoms with van der Waals surface area (Å²) in [6, 6.07) is 16.9. The molecule has 0 unspecified atom stereocenters. The third-order valence-corrected chi connectivity index (χ3v) is 4.28. The number of rotatable bonds is 5. The lowest BCUT2D eigenvalue weighted by Gasteiger charge is -2.11. The molecule has 150 valence electrons. The topological polar surface area (TPSA) is 95.5 Å². The molecule has 0 aliphatic carbocycles. The number of carbonyl (C=O) groups is 3. The van der Waals surface area contributed by atoms with Crippen molar-refractivity contribution >= 4 is 29.2 Å². The molecule has 31 heavy (non-hydrogen) atoms. The van der Waals surface area contributed by atoms with Crippen molar-refractivity contribution < 1.29 is 19.5 Å². The van der Waals surface area contributed by atoms with E-state index in [-0.39, 0.29) is 16.9 Å². The number of amides is 2. The van der Waals surface area contributed by atoms with Crippen molar-refractivity contribution in [2.75, 3.05) is 10.6 Å². The second kappa shape index (κ2) is 9.13. The molecule has 6 heteroatoms. The van der Waals surface area contributed by atoms with Crippen molar-refractivity contribution in [2.24, 2.45) is 0 Å². The van der Waals surface area contributed by atoms with Crippen LogP contribution >= 0.6 is 0 Å². The Bertz CT molecular complexity index is 1190. The number of carbonyl (C=O) groups excluding carboxylic acids is 2. The Morgan fingerprint density at radius 1 is 0.677 bits per heavy atom. The number of hydrogen-bond acceptors (Lipinski definition) is 3. The van der Waals surface area contributed by atoms with Gasteiger partial charge in [-0.05, 0) is 54.6 Å². The van der Waals surface area contributed by atoms with E-state index in [1.165, 1.54) is 30.3 Å². The molecule has 6 nitrogen and oxygen atoms in total. The highest BCUT2D eigenvalue weighted by molar-refractivity contribution is 6.07. The van der Waals surface area contributed by atoms with Gasteiger partial charge >= 0.3 is 5.97 Å². The van der Waals surface area contributed by atoms with E-state index in [0.717, 1.165) is 0 Å². The van der Waals surface area contributed by atoms with Crippen LogP contribution in [-0.2, 0) is 0 Å². The van der Waals surface area contributed by atoms with Crippen molar-refractivity contribution in [3.8, 4) is 24.7 Å². The van der Waals surface area contributed by atoms with Gasteiger partial charge in [0, 0.05) is 33.6 Å². The molecule has 0 aromatic heterocycles. The molecule has 0 aliphatic heterocycles. The summed E-state index contributed by atoms with van der Waals surface area (Å²) >= 11 is 0. The summed E-state index contributed by atoms with van der Waals surface area (Å²) in [6.45, 7) is 0. The van der Waals surface area contributed by atoms with Crippen LogP contribution in [0.4, 0.5) is 11.4 Å². The highest BCUT2D eigenvalue weighted by Crippen LogP contribution is 2.21. The average Bonchev–Trinajstić information content (AvgIpc) is 2.78. The fourth-order valence-electron chi connectivity index (χ4n) is 2.80. The number of carboxylic acids is 1. The Morgan fingerprint density at radius 3 is 1.52 bits per heavy atom. The lowest BCUT2D eigenvalue weighted by molar-refractivity contribution is 0.0696. The van der Waals surface area contributed by atoms with Crippen molar-refractivity contribution in [1.29, 1.82) is 0 Å². The largest absolute Gasteiger partial charge is 0.478 e. The highest BCUT2D eigenvalue weighted by atomic mass is 16.4. The number of terminal acetylenes is 2. The van der Waals surface area contributed by atoms with Crippen LogP contribution in [0.1, 0.15) is 42.2 Å². The molecule has 3 aromatic rings. The lowest BCUT2D eigenvalue weighted by Crippen LogP contribution is -2.15. The quantitative estimate of drug-likeness (QED) is 0.559. The highest BCUT2D eigenvalue weighted by Gasteiger charge is 2.13. The standard InChI is InChI=1S/C25H16N2O4/c1-3-16-7-5-9-18(11-16)23(28)26-21-13-20(25(30)31)14-22(15-21)27-24(29)19-10-6-8-17(4-2)12-19/h1-2,5-15H,(H,26,28)(H,27,29)(H,30,31). The summed E-state index contributed by atoms with van der Waals surface area (Å²) in [5, 5.41) is 14.7. The van der Waals surface area contributed by atoms with E-state index in [0.29, 0.717) is 22.3 Å². The second-order valence-corrected chi connectivity index (χ2v) is 6.46. The Balaban J connectivity index is 1.87. The Hall–Kier alpha value is -4.81. The van der Waals surface area contributed by atoms with Crippen LogP contribution in [0.3, 0.4) is 0 Å². The van der Waals surface area contributed by atoms with Gasteiger partial charge in [-0.3, -0.25) is 9.59 Å². The van der Waals surface area contributed by atoms with Crippen LogP contribution in [0.5, 0.6) is 0 Å². The minimum atomic E-state index is -1.21. The number of hydrogen-bond donors (Lipinski definition) is 3. The lowest BCUT2D eigenvalue weighted by atomic mass is 10.1. The summed E-state index contributed by atoms with van der Waals surface area (Å²) in [5.41, 5.74) is 1.99. The zero-order valence-corrected chi connectivity index (χ0v) is 16.2. The maximum atomic E-state index is 12.6. The van der Waals surface area contributed by atoms with E-state index in [1.54, 1.807) is 36.4 Å². The van der Waals surface area contributed by atoms with Gasteiger partial charge in [-0.1, -0.05) is 24.0 Å². The number of anilines is 2. The molecule has 0 fully saturated rings. The predicted molar refractivity (Wildman–Crippen MR) is 118 cm³/mol. The molecule has 0 saturated carbocycles. The maximum Gasteiger partial charge on any atom is 0.335 e. The fraction of sp³-hybridized carbons (Fsp3) is 0. The van der Waals surface area contributed by atoms with Gasteiger partial charge in [-0.2, -0.15) is 0 Å². The summed E-state index contributed by atoms with van der Waals surface area (Å²) in [4.78, 5) is 36.6. The first-order valence-electron chi connectivity index (χ1n) is 9.04. The summed E-state index contributed by atoms with van der Waals surface area (Å²) in [6.07, 6.45) is 10.7. The first kappa shape index (κ1) is 20.9. The van der Waals surface area contributed by atoms with Gasteiger partial charge < -0.3 is 15.7 Å². The predicted octanol–water partition coefficient (Wildman–Crippen LogP) is 3.85. The Kier molecular flexibility index (Phi) is 6.16. The number of carboxylic acid groups (broad SMARTS) is 1. The SMILES string of the molecule is C#Cc1cccc(C(=O)Nc2cc(NC(=O)c3cccc(C#C)c3)cc(C(=O)O)c2)c1. The minimum absolute atomic E-state index is 0.108. The van der Waals surface area contributed by atoms with E-state index in [4.69, 9.17) is 12.8 Å². The van der Waals surface area contributed by atoms with Crippen LogP contribution < -0.4 is 10.6 Å². The van der Waals surface area contributed by atoms with Crippen molar-refractivity contribution in [2.45, 2.75) is 0 Å². The van der Waals surface area contributed by atoms with Crippen molar-refractivity contribution in [1.82, 2.24) is 0 Å². The van der Waals surface area contributed by atoms with E-state index >= 15 is 0 Å². The molecule has 0 spiro atoms. The number of benzene rings is 3. The molecule has 3 N–H and O–H groups in total. The molecule has 0 heterocycles. The van der Waals surface area contributed by atoms with Crippen molar-refractivity contribution in [3.05, 3.63) is 94.5 Å². The van der Waals surface area contributed by atoms with Gasteiger partial charge in [-0.25, -0.2) is 4.79 Å². The van der Waals surface area contributed by atoms with E-state index in [9.17, 15) is 19.5 Å². The third-order valence-electron chi connectivity index (χ3n) is 4.28. The molecule has 0 atom stereocenters. The van der Waals surface area contributed by atoms with E-state index < -0.39 is 17.8 Å². The molecule has 0 radical (unpaired) electrons. The molecular formula is C25H16N2O4. The molecule has 3 rings (SSSR count). The van der Waals surface area contributed by atoms with Crippen LogP contribution in [0.25, 0.3) is 0 Å². The van der Waals surface area contributed by atoms with E-state index in [1.807, 2.05) is 0 Å². The Morgan fingerprint density at radius 2 is 1.13 bits per heavy atom. The summed E-state index contributed by atoms with van der Waals surface area (Å²) < 4.78 is 0. The third kappa shape index (κ3) is 5.17. The number of nitrogens with one attached hydrogen (secondary N) is 2. The molecule has 0 aliphatic rings. The fourth-order valence-corrected chi connectivity index (χ4v) is 2.80. The normalized spacial score (nSPS) is 9.74. The number of aromatic carboxylic acids is 1. The molecule has 0 saturated heterocycles. The zero-order valence-electron chi connectivity index (χ0n) is 16.2. The van der Waals surface area contributed by atoms with Crippen LogP contribution in [0, 0.1) is 24.7 Å². The molecule has 0 bridgehead atoms. The van der Waals surface area contributed by atoms with Crippen molar-refractivity contribution in [3.63, 3.8) is 0 Å². The van der Waals surface area contributed by atoms with Gasteiger partial charge in [-0.15, -0.1) is 12.8 Å². The smallest absolute Gasteiger partial charge is 0.335 e. The van der Waals surface area contributed by atoms with Gasteiger partial charge in [0.2, 0.25) is 0 Å². The molecular weight excluding hydrogens is 392 g/mol. The van der Waals surface area contributed by atoms with E-state index in [2.05, 4.69) is 22.5 Å². The minimum Gasteiger partial charge on any atom is -0.478 e. The second-order valence-electron chi connectivity index (χ2n) is 6.46. The Labute approximate surface area is 178 Å². The average molecular weight is 408 g/mol. The van der Waals surface area contributed by atoms with Crippen LogP contribution in [-0.4, -0.2) is 22.9 Å². The molecule has 2 amide bonds. The van der Waals surface area contributed by atoms with Gasteiger partial charge in [0.25, 0.3) is 11.8 Å². The summed E-state index contributed by atoms with van der Waals surface area (Å²) in [5.74, 6) is 2.73. The van der Waals surface area contributed by atoms with Crippen LogP contribution in [0.15, 0.2) is 66.7 Å². The maximum absolute atomic E-state index is 12.6. The zero-order chi connectivity index (χ0) is 22.4. The van der Waals surface area contributed by atoms with Gasteiger partial charge in [0.05, 0.1) is 5.56 Å². The van der Waals surface area contributed by atoms with Gasteiger partial charge in [0.15, 0.2) is 0 Å². The van der Waals surface area contributed by atoms with Gasteiger partial charge in [0.1, 0.15) is 0 Å².